The molecule has 1 aromatic rings. The fraction of sp³-hybridized carbons (Fsp3) is 0.682. The van der Waals surface area contributed by atoms with E-state index in [0.717, 1.165) is 43.4 Å². The van der Waals surface area contributed by atoms with Crippen LogP contribution in [0.15, 0.2) is 29.3 Å². The molecule has 1 heterocycles. The summed E-state index contributed by atoms with van der Waals surface area (Å²) < 4.78 is 6.49. The highest BCUT2D eigenvalue weighted by Gasteiger charge is 2.43. The fourth-order valence-electron chi connectivity index (χ4n) is 4.89. The van der Waals surface area contributed by atoms with Crippen molar-refractivity contribution in [2.24, 2.45) is 10.9 Å². The first-order chi connectivity index (χ1) is 13.1. The Balaban J connectivity index is 1.46. The summed E-state index contributed by atoms with van der Waals surface area (Å²) in [6.45, 7) is 0.938. The summed E-state index contributed by atoms with van der Waals surface area (Å²) in [7, 11) is 6.23. The van der Waals surface area contributed by atoms with Gasteiger partial charge in [0.15, 0.2) is 5.96 Å². The maximum absolute atomic E-state index is 6.49. The van der Waals surface area contributed by atoms with Crippen molar-refractivity contribution < 1.29 is 4.74 Å². The van der Waals surface area contributed by atoms with Gasteiger partial charge in [0, 0.05) is 31.6 Å². The average Bonchev–Trinajstić information content (AvgIpc) is 3.40. The quantitative estimate of drug-likeness (QED) is 0.617. The number of nitrogens with one attached hydrogen (secondary N) is 2. The third-order valence-electron chi connectivity index (χ3n) is 6.55. The van der Waals surface area contributed by atoms with E-state index < -0.39 is 0 Å². The third-order valence-corrected chi connectivity index (χ3v) is 6.55. The van der Waals surface area contributed by atoms with Gasteiger partial charge in [-0.1, -0.05) is 18.2 Å². The zero-order valence-corrected chi connectivity index (χ0v) is 17.0. The van der Waals surface area contributed by atoms with Gasteiger partial charge in [-0.2, -0.15) is 0 Å². The topological polar surface area (TPSA) is 48.9 Å². The van der Waals surface area contributed by atoms with E-state index in [4.69, 9.17) is 4.74 Å². The largest absolute Gasteiger partial charge is 0.487 e. The van der Waals surface area contributed by atoms with Crippen molar-refractivity contribution in [2.75, 3.05) is 27.7 Å². The van der Waals surface area contributed by atoms with Gasteiger partial charge in [-0.05, 0) is 64.6 Å². The molecule has 2 aliphatic carbocycles. The van der Waals surface area contributed by atoms with Crippen LogP contribution in [0.25, 0.3) is 0 Å². The summed E-state index contributed by atoms with van der Waals surface area (Å²) in [5.74, 6) is 2.77. The number of rotatable bonds is 5. The molecule has 1 aromatic carbocycles. The Morgan fingerprint density at radius 3 is 2.67 bits per heavy atom. The second-order valence-electron chi connectivity index (χ2n) is 8.75. The second-order valence-corrected chi connectivity index (χ2v) is 8.75. The first-order valence-corrected chi connectivity index (χ1v) is 10.5. The van der Waals surface area contributed by atoms with Gasteiger partial charge in [0.2, 0.25) is 0 Å². The van der Waals surface area contributed by atoms with Gasteiger partial charge < -0.3 is 20.3 Å². The molecular formula is C22H34N4O. The summed E-state index contributed by atoms with van der Waals surface area (Å²) in [5, 5.41) is 7.29. The zero-order chi connectivity index (χ0) is 18.9. The van der Waals surface area contributed by atoms with Crippen LogP contribution in [0.1, 0.15) is 56.6 Å². The second kappa shape index (κ2) is 7.70. The molecule has 2 saturated carbocycles. The van der Waals surface area contributed by atoms with Gasteiger partial charge in [0.05, 0.1) is 6.04 Å². The zero-order valence-electron chi connectivity index (χ0n) is 17.0. The van der Waals surface area contributed by atoms with Crippen molar-refractivity contribution in [1.82, 2.24) is 15.5 Å². The monoisotopic (exact) mass is 370 g/mol. The van der Waals surface area contributed by atoms with Gasteiger partial charge in [-0.3, -0.25) is 4.99 Å². The molecule has 2 fully saturated rings. The highest BCUT2D eigenvalue weighted by atomic mass is 16.5. The molecule has 5 heteroatoms. The third kappa shape index (κ3) is 4.08. The van der Waals surface area contributed by atoms with Crippen molar-refractivity contribution in [3.8, 4) is 5.75 Å². The Kier molecular flexibility index (Phi) is 5.31. The van der Waals surface area contributed by atoms with E-state index in [1.807, 2.05) is 7.05 Å². The van der Waals surface area contributed by atoms with E-state index in [9.17, 15) is 0 Å². The molecule has 0 radical (unpaired) electrons. The van der Waals surface area contributed by atoms with Crippen molar-refractivity contribution in [3.63, 3.8) is 0 Å². The summed E-state index contributed by atoms with van der Waals surface area (Å²) in [4.78, 5) is 6.86. The van der Waals surface area contributed by atoms with E-state index in [1.54, 1.807) is 0 Å². The maximum atomic E-state index is 6.49. The van der Waals surface area contributed by atoms with Crippen LogP contribution in [0, 0.1) is 5.92 Å². The molecule has 3 aliphatic rings. The molecule has 5 nitrogen and oxygen atoms in total. The lowest BCUT2D eigenvalue weighted by Gasteiger charge is -2.40. The molecule has 0 bridgehead atoms. The van der Waals surface area contributed by atoms with E-state index in [0.29, 0.717) is 6.04 Å². The number of hydrogen-bond acceptors (Lipinski definition) is 3. The van der Waals surface area contributed by atoms with Crippen molar-refractivity contribution in [1.29, 1.82) is 0 Å². The Hall–Kier alpha value is -1.75. The molecule has 2 atom stereocenters. The van der Waals surface area contributed by atoms with E-state index >= 15 is 0 Å². The molecule has 148 valence electrons. The van der Waals surface area contributed by atoms with Crippen LogP contribution in [-0.2, 0) is 0 Å². The molecule has 0 saturated heterocycles. The molecule has 2 N–H and O–H groups in total. The SMILES string of the molecule is CN=C(NCC(C1CC1)N(C)C)NC1CC2(CCCC2)Oc2ccccc21. The fourth-order valence-corrected chi connectivity index (χ4v) is 4.89. The minimum Gasteiger partial charge on any atom is -0.487 e. The highest BCUT2D eigenvalue weighted by Crippen LogP contribution is 2.47. The molecule has 1 aliphatic heterocycles. The first-order valence-electron chi connectivity index (χ1n) is 10.5. The van der Waals surface area contributed by atoms with Crippen LogP contribution in [0.2, 0.25) is 0 Å². The Labute approximate surface area is 163 Å². The molecular weight excluding hydrogens is 336 g/mol. The van der Waals surface area contributed by atoms with Crippen LogP contribution < -0.4 is 15.4 Å². The molecule has 2 unspecified atom stereocenters. The number of para-hydroxylation sites is 1. The number of ether oxygens (including phenoxy) is 1. The number of aliphatic imine (C=N–C) groups is 1. The predicted molar refractivity (Wildman–Crippen MR) is 110 cm³/mol. The van der Waals surface area contributed by atoms with Crippen LogP contribution >= 0.6 is 0 Å². The highest BCUT2D eigenvalue weighted by molar-refractivity contribution is 5.80. The minimum absolute atomic E-state index is 0.00502. The van der Waals surface area contributed by atoms with Gasteiger partial charge in [-0.25, -0.2) is 0 Å². The number of benzene rings is 1. The van der Waals surface area contributed by atoms with Gasteiger partial charge in [0.1, 0.15) is 11.4 Å². The van der Waals surface area contributed by atoms with Crippen LogP contribution in [-0.4, -0.2) is 50.2 Å². The van der Waals surface area contributed by atoms with E-state index in [2.05, 4.69) is 58.9 Å². The number of likely N-dealkylation sites (N-methyl/N-ethyl adjacent to an activating group) is 1. The van der Waals surface area contributed by atoms with Crippen LogP contribution in [0.4, 0.5) is 0 Å². The van der Waals surface area contributed by atoms with Crippen molar-refractivity contribution in [3.05, 3.63) is 29.8 Å². The molecule has 4 rings (SSSR count). The first kappa shape index (κ1) is 18.6. The Bertz CT molecular complexity index is 675. The number of nitrogens with zero attached hydrogens (tertiary/aromatic N) is 2. The van der Waals surface area contributed by atoms with Gasteiger partial charge >= 0.3 is 0 Å². The predicted octanol–water partition coefficient (Wildman–Crippen LogP) is 3.33. The van der Waals surface area contributed by atoms with Crippen LogP contribution in [0.3, 0.4) is 0 Å². The number of guanidine groups is 1. The lowest BCUT2D eigenvalue weighted by molar-refractivity contribution is 0.0396. The van der Waals surface area contributed by atoms with E-state index in [-0.39, 0.29) is 11.6 Å². The van der Waals surface area contributed by atoms with E-state index in [1.165, 1.54) is 31.2 Å². The van der Waals surface area contributed by atoms with Crippen LogP contribution in [0.5, 0.6) is 5.75 Å². The standard InChI is InChI=1S/C22H34N4O/c1-23-21(24-15-19(26(2)3)16-10-11-16)25-18-14-22(12-6-7-13-22)27-20-9-5-4-8-17(18)20/h4-5,8-9,16,18-19H,6-7,10-15H2,1-3H3,(H2,23,24,25). The summed E-state index contributed by atoms with van der Waals surface area (Å²) >= 11 is 0. The lowest BCUT2D eigenvalue weighted by atomic mass is 9.86. The summed E-state index contributed by atoms with van der Waals surface area (Å²) in [6, 6.07) is 9.32. The Morgan fingerprint density at radius 2 is 2.00 bits per heavy atom. The Morgan fingerprint density at radius 1 is 1.26 bits per heavy atom. The maximum Gasteiger partial charge on any atom is 0.191 e. The average molecular weight is 371 g/mol. The number of fused-ring (bicyclic) bond motifs is 1. The molecule has 0 aromatic heterocycles. The van der Waals surface area contributed by atoms with Gasteiger partial charge in [0.25, 0.3) is 0 Å². The smallest absolute Gasteiger partial charge is 0.191 e. The number of hydrogen-bond donors (Lipinski definition) is 2. The lowest BCUT2D eigenvalue weighted by Crippen LogP contribution is -2.49. The molecule has 0 amide bonds. The minimum atomic E-state index is 0.00502. The summed E-state index contributed by atoms with van der Waals surface area (Å²) in [5.41, 5.74) is 1.26. The van der Waals surface area contributed by atoms with Crippen molar-refractivity contribution >= 4 is 5.96 Å². The van der Waals surface area contributed by atoms with Crippen molar-refractivity contribution in [2.45, 2.75) is 62.6 Å². The molecule has 1 spiro atoms. The summed E-state index contributed by atoms with van der Waals surface area (Å²) in [6.07, 6.45) is 8.59. The molecule has 27 heavy (non-hydrogen) atoms. The normalized spacial score (nSPS) is 25.2. The van der Waals surface area contributed by atoms with Gasteiger partial charge in [-0.15, -0.1) is 0 Å².